The van der Waals surface area contributed by atoms with Crippen LogP contribution < -0.4 is 9.47 Å². The largest absolute Gasteiger partial charge is 0.482 e. The molecule has 0 aromatic heterocycles. The molecule has 6 nitrogen and oxygen atoms in total. The molecule has 0 saturated carbocycles. The highest BCUT2D eigenvalue weighted by atomic mass is 16.6. The summed E-state index contributed by atoms with van der Waals surface area (Å²) in [6.45, 7) is 10.5. The highest BCUT2D eigenvalue weighted by Crippen LogP contribution is 2.36. The highest BCUT2D eigenvalue weighted by molar-refractivity contribution is 5.92. The molecule has 0 aliphatic carbocycles. The lowest BCUT2D eigenvalue weighted by Crippen LogP contribution is -2.27. The SMILES string of the molecule is CC(C)(C)OC(=O)COc1ccc2ccccc2c1Cc1c(OCC(=O)OC(C)(C)C)ccc2ccccc12. The van der Waals surface area contributed by atoms with Gasteiger partial charge in [-0.05, 0) is 75.2 Å². The number of hydrogen-bond donors (Lipinski definition) is 0. The standard InChI is InChI=1S/C33H36O6/c1-32(2,3)38-30(34)20-36-28-17-15-22-11-7-9-13-24(22)26(28)19-27-25-14-10-8-12-23(25)16-18-29(27)37-21-31(35)39-33(4,5)6/h7-18H,19-21H2,1-6H3. The second kappa shape index (κ2) is 11.4. The Morgan fingerprint density at radius 1 is 0.564 bits per heavy atom. The van der Waals surface area contributed by atoms with Gasteiger partial charge in [-0.3, -0.25) is 0 Å². The normalized spacial score (nSPS) is 11.8. The molecule has 0 radical (unpaired) electrons. The van der Waals surface area contributed by atoms with Gasteiger partial charge >= 0.3 is 11.9 Å². The first-order valence-electron chi connectivity index (χ1n) is 13.1. The minimum atomic E-state index is -0.601. The van der Waals surface area contributed by atoms with Crippen molar-refractivity contribution in [3.05, 3.63) is 83.9 Å². The summed E-state index contributed by atoms with van der Waals surface area (Å²) in [6, 6.07) is 23.8. The van der Waals surface area contributed by atoms with E-state index < -0.39 is 23.1 Å². The second-order valence-electron chi connectivity index (χ2n) is 11.5. The topological polar surface area (TPSA) is 71.1 Å². The monoisotopic (exact) mass is 528 g/mol. The van der Waals surface area contributed by atoms with Crippen molar-refractivity contribution in [1.82, 2.24) is 0 Å². The van der Waals surface area contributed by atoms with Crippen LogP contribution >= 0.6 is 0 Å². The van der Waals surface area contributed by atoms with Crippen LogP contribution in [0.3, 0.4) is 0 Å². The van der Waals surface area contributed by atoms with Crippen LogP contribution in [0.5, 0.6) is 11.5 Å². The summed E-state index contributed by atoms with van der Waals surface area (Å²) in [4.78, 5) is 24.9. The van der Waals surface area contributed by atoms with Crippen LogP contribution in [0.1, 0.15) is 52.7 Å². The molecule has 204 valence electrons. The Kier molecular flexibility index (Phi) is 8.14. The van der Waals surface area contributed by atoms with Crippen LogP contribution in [0.25, 0.3) is 21.5 Å². The average Bonchev–Trinajstić information content (AvgIpc) is 2.85. The molecule has 0 spiro atoms. The van der Waals surface area contributed by atoms with Crippen LogP contribution in [0.15, 0.2) is 72.8 Å². The van der Waals surface area contributed by atoms with Gasteiger partial charge in [0.25, 0.3) is 0 Å². The summed E-state index contributed by atoms with van der Waals surface area (Å²) in [5.41, 5.74) is 0.622. The first kappa shape index (κ1) is 28.0. The lowest BCUT2D eigenvalue weighted by atomic mass is 9.93. The average molecular weight is 529 g/mol. The van der Waals surface area contributed by atoms with Gasteiger partial charge < -0.3 is 18.9 Å². The highest BCUT2D eigenvalue weighted by Gasteiger charge is 2.21. The van der Waals surface area contributed by atoms with E-state index in [1.807, 2.05) is 114 Å². The number of esters is 2. The quantitative estimate of drug-likeness (QED) is 0.229. The van der Waals surface area contributed by atoms with Crippen LogP contribution in [0, 0.1) is 0 Å². The van der Waals surface area contributed by atoms with E-state index in [4.69, 9.17) is 18.9 Å². The number of fused-ring (bicyclic) bond motifs is 2. The van der Waals surface area contributed by atoms with Gasteiger partial charge in [-0.1, -0.05) is 60.7 Å². The van der Waals surface area contributed by atoms with Crippen molar-refractivity contribution in [3.8, 4) is 11.5 Å². The van der Waals surface area contributed by atoms with Gasteiger partial charge in [0.1, 0.15) is 22.7 Å². The molecule has 0 aliphatic rings. The molecule has 4 rings (SSSR count). The first-order chi connectivity index (χ1) is 18.4. The van der Waals surface area contributed by atoms with Gasteiger partial charge in [0.05, 0.1) is 0 Å². The van der Waals surface area contributed by atoms with E-state index in [0.29, 0.717) is 17.9 Å². The van der Waals surface area contributed by atoms with Crippen LogP contribution in [0.2, 0.25) is 0 Å². The van der Waals surface area contributed by atoms with Crippen LogP contribution in [-0.4, -0.2) is 36.4 Å². The Morgan fingerprint density at radius 2 is 0.949 bits per heavy atom. The lowest BCUT2D eigenvalue weighted by Gasteiger charge is -2.21. The predicted molar refractivity (Wildman–Crippen MR) is 153 cm³/mol. The molecule has 0 saturated heterocycles. The van der Waals surface area contributed by atoms with Crippen molar-refractivity contribution in [1.29, 1.82) is 0 Å². The van der Waals surface area contributed by atoms with Gasteiger partial charge in [-0.25, -0.2) is 9.59 Å². The van der Waals surface area contributed by atoms with Crippen molar-refractivity contribution >= 4 is 33.5 Å². The Balaban J connectivity index is 1.73. The van der Waals surface area contributed by atoms with Crippen molar-refractivity contribution in [2.24, 2.45) is 0 Å². The fourth-order valence-corrected chi connectivity index (χ4v) is 4.46. The molecule has 0 bridgehead atoms. The third kappa shape index (κ3) is 7.50. The molecule has 39 heavy (non-hydrogen) atoms. The molecule has 0 atom stereocenters. The summed E-state index contributed by atoms with van der Waals surface area (Å²) in [5.74, 6) is 0.303. The Labute approximate surface area is 229 Å². The Hall–Kier alpha value is -4.06. The molecule has 4 aromatic carbocycles. The van der Waals surface area contributed by atoms with Gasteiger partial charge in [0.2, 0.25) is 0 Å². The molecule has 0 unspecified atom stereocenters. The summed E-state index contributed by atoms with van der Waals surface area (Å²) in [7, 11) is 0. The molecule has 6 heteroatoms. The third-order valence-electron chi connectivity index (χ3n) is 5.88. The number of carbonyl (C=O) groups excluding carboxylic acids is 2. The van der Waals surface area contributed by atoms with Crippen molar-refractivity contribution < 1.29 is 28.5 Å². The molecular formula is C33H36O6. The van der Waals surface area contributed by atoms with E-state index in [1.165, 1.54) is 0 Å². The van der Waals surface area contributed by atoms with Crippen LogP contribution in [0.4, 0.5) is 0 Å². The zero-order valence-corrected chi connectivity index (χ0v) is 23.5. The molecule has 0 fully saturated rings. The third-order valence-corrected chi connectivity index (χ3v) is 5.88. The van der Waals surface area contributed by atoms with E-state index in [-0.39, 0.29) is 13.2 Å². The molecule has 0 aliphatic heterocycles. The van der Waals surface area contributed by atoms with E-state index in [0.717, 1.165) is 32.7 Å². The molecular weight excluding hydrogens is 492 g/mol. The van der Waals surface area contributed by atoms with E-state index >= 15 is 0 Å². The lowest BCUT2D eigenvalue weighted by molar-refractivity contribution is -0.158. The number of ether oxygens (including phenoxy) is 4. The fourth-order valence-electron chi connectivity index (χ4n) is 4.46. The van der Waals surface area contributed by atoms with E-state index in [2.05, 4.69) is 0 Å². The minimum Gasteiger partial charge on any atom is -0.482 e. The first-order valence-corrected chi connectivity index (χ1v) is 13.1. The fraction of sp³-hybridized carbons (Fsp3) is 0.333. The minimum absolute atomic E-state index is 0.208. The molecule has 0 heterocycles. The zero-order valence-electron chi connectivity index (χ0n) is 23.5. The van der Waals surface area contributed by atoms with Gasteiger partial charge in [-0.2, -0.15) is 0 Å². The number of hydrogen-bond acceptors (Lipinski definition) is 6. The zero-order chi connectivity index (χ0) is 28.2. The van der Waals surface area contributed by atoms with Crippen molar-refractivity contribution in [2.45, 2.75) is 59.2 Å². The summed E-state index contributed by atoms with van der Waals surface area (Å²) in [5, 5.41) is 4.11. The summed E-state index contributed by atoms with van der Waals surface area (Å²) in [6.07, 6.45) is 0.454. The maximum atomic E-state index is 12.4. The van der Waals surface area contributed by atoms with E-state index in [1.54, 1.807) is 0 Å². The van der Waals surface area contributed by atoms with Gasteiger partial charge in [-0.15, -0.1) is 0 Å². The Bertz CT molecular complexity index is 1380. The smallest absolute Gasteiger partial charge is 0.344 e. The number of benzene rings is 4. The van der Waals surface area contributed by atoms with Gasteiger partial charge in [0.15, 0.2) is 13.2 Å². The molecule has 0 N–H and O–H groups in total. The number of rotatable bonds is 8. The van der Waals surface area contributed by atoms with Crippen molar-refractivity contribution in [3.63, 3.8) is 0 Å². The predicted octanol–water partition coefficient (Wildman–Crippen LogP) is 7.02. The maximum Gasteiger partial charge on any atom is 0.344 e. The van der Waals surface area contributed by atoms with Crippen LogP contribution in [-0.2, 0) is 25.5 Å². The van der Waals surface area contributed by atoms with E-state index in [9.17, 15) is 9.59 Å². The molecule has 0 amide bonds. The maximum absolute atomic E-state index is 12.4. The molecule has 4 aromatic rings. The second-order valence-corrected chi connectivity index (χ2v) is 11.5. The van der Waals surface area contributed by atoms with Gasteiger partial charge in [0, 0.05) is 17.5 Å². The van der Waals surface area contributed by atoms with Crippen molar-refractivity contribution in [2.75, 3.05) is 13.2 Å². The summed E-state index contributed by atoms with van der Waals surface area (Å²) < 4.78 is 23.0. The Morgan fingerprint density at radius 3 is 1.33 bits per heavy atom. The summed E-state index contributed by atoms with van der Waals surface area (Å²) >= 11 is 0. The number of carbonyl (C=O) groups is 2.